The second kappa shape index (κ2) is 18.8. The third-order valence-corrected chi connectivity index (χ3v) is 15.8. The fourth-order valence-corrected chi connectivity index (χ4v) is 11.8. The Labute approximate surface area is 440 Å². The van der Waals surface area contributed by atoms with Crippen LogP contribution in [0.2, 0.25) is 0 Å². The van der Waals surface area contributed by atoms with Crippen LogP contribution in [0.5, 0.6) is 0 Å². The van der Waals surface area contributed by atoms with Crippen molar-refractivity contribution in [1.29, 1.82) is 0 Å². The van der Waals surface area contributed by atoms with Crippen LogP contribution in [0.3, 0.4) is 0 Å². The van der Waals surface area contributed by atoms with Crippen LogP contribution in [0.15, 0.2) is 73.1 Å². The predicted molar refractivity (Wildman–Crippen MR) is 283 cm³/mol. The molecule has 0 unspecified atom stereocenters. The van der Waals surface area contributed by atoms with Crippen LogP contribution in [0.4, 0.5) is 4.79 Å². The lowest BCUT2D eigenvalue weighted by Gasteiger charge is -2.36. The van der Waals surface area contributed by atoms with E-state index in [4.69, 9.17) is 49.3 Å². The van der Waals surface area contributed by atoms with Crippen molar-refractivity contribution in [2.24, 2.45) is 0 Å². The summed E-state index contributed by atoms with van der Waals surface area (Å²) in [6, 6.07) is 20.5. The number of nitrogens with zero attached hydrogens (tertiary/aromatic N) is 18. The number of likely N-dealkylation sites (N-methyl/N-ethyl adjacent to an activating group) is 2. The first kappa shape index (κ1) is 46.7. The first-order valence-electron chi connectivity index (χ1n) is 26.5. The van der Waals surface area contributed by atoms with Crippen LogP contribution >= 0.6 is 0 Å². The van der Waals surface area contributed by atoms with Gasteiger partial charge in [0.1, 0.15) is 47.6 Å². The van der Waals surface area contributed by atoms with Crippen molar-refractivity contribution in [2.45, 2.75) is 66.3 Å². The van der Waals surface area contributed by atoms with Gasteiger partial charge in [-0.3, -0.25) is 19.9 Å². The van der Waals surface area contributed by atoms with Crippen molar-refractivity contribution in [2.75, 3.05) is 89.7 Å². The van der Waals surface area contributed by atoms with Crippen molar-refractivity contribution in [1.82, 2.24) is 78.0 Å². The molecule has 2 saturated heterocycles. The molecule has 14 heterocycles. The van der Waals surface area contributed by atoms with Gasteiger partial charge in [-0.25, -0.2) is 34.1 Å². The Balaban J connectivity index is 0.773. The topological polar surface area (TPSA) is 178 Å². The number of piperazine rings is 2. The van der Waals surface area contributed by atoms with Crippen LogP contribution in [-0.4, -0.2) is 164 Å². The fourth-order valence-electron chi connectivity index (χ4n) is 11.8. The standard InChI is InChI=1S/C55H60N18O3/c1-35-7-5-9-39(58-35)49-51(70-23-25-75-33-47(70)62-49)37-11-13-56-41(27-37)53-60-43-29-66(31-45(43)72(53)68-19-15-64(3)16-20-68)55(74)67-30-44-46(32-67)73(69-21-17-65(4)18-22-69)54(61-44)42-28-38(12-14-57-42)52-50(40-10-6-8-36(2)59-40)63-48-34-76-26-24-71(48)52/h5-14,27-28H,15-26,29-34H2,1-4H3. The Morgan fingerprint density at radius 1 is 0.500 bits per heavy atom. The maximum Gasteiger partial charge on any atom is 0.321 e. The Morgan fingerprint density at radius 2 is 0.947 bits per heavy atom. The molecular weight excluding hydrogens is 961 g/mol. The van der Waals surface area contributed by atoms with Gasteiger partial charge in [-0.2, -0.15) is 0 Å². The minimum atomic E-state index is -0.0345. The number of amides is 2. The molecular formula is C55H60N18O3. The molecule has 21 heteroatoms. The van der Waals surface area contributed by atoms with Gasteiger partial charge in [0, 0.05) is 100 Å². The monoisotopic (exact) mass is 1020 g/mol. The zero-order chi connectivity index (χ0) is 51.2. The molecule has 2 fully saturated rings. The smallest absolute Gasteiger partial charge is 0.321 e. The van der Waals surface area contributed by atoms with Crippen molar-refractivity contribution < 1.29 is 14.3 Å². The first-order chi connectivity index (χ1) is 37.2. The Bertz CT molecular complexity index is 3330. The van der Waals surface area contributed by atoms with Crippen molar-refractivity contribution in [3.8, 4) is 68.3 Å². The molecule has 76 heavy (non-hydrogen) atoms. The predicted octanol–water partition coefficient (Wildman–Crippen LogP) is 4.95. The van der Waals surface area contributed by atoms with Gasteiger partial charge in [-0.05, 0) is 76.5 Å². The molecule has 0 N–H and O–H groups in total. The Morgan fingerprint density at radius 3 is 1.38 bits per heavy atom. The van der Waals surface area contributed by atoms with Crippen molar-refractivity contribution in [3.63, 3.8) is 0 Å². The lowest BCUT2D eigenvalue weighted by molar-refractivity contribution is 0.0821. The second-order valence-corrected chi connectivity index (χ2v) is 20.8. The fraction of sp³-hybridized carbons (Fsp3) is 0.400. The Hall–Kier alpha value is -7.85. The minimum Gasteiger partial charge on any atom is -0.372 e. The lowest BCUT2D eigenvalue weighted by Crippen LogP contribution is -2.51. The molecule has 6 aliphatic rings. The van der Waals surface area contributed by atoms with E-state index < -0.39 is 0 Å². The molecule has 388 valence electrons. The molecule has 8 aromatic heterocycles. The van der Waals surface area contributed by atoms with Gasteiger partial charge >= 0.3 is 6.03 Å². The van der Waals surface area contributed by atoms with Crippen LogP contribution in [0, 0.1) is 13.8 Å². The van der Waals surface area contributed by atoms with E-state index in [1.807, 2.05) is 72.4 Å². The van der Waals surface area contributed by atoms with Gasteiger partial charge in [-0.1, -0.05) is 12.1 Å². The third-order valence-electron chi connectivity index (χ3n) is 15.8. The van der Waals surface area contributed by atoms with Crippen LogP contribution in [0.1, 0.15) is 45.8 Å². The molecule has 21 nitrogen and oxygen atoms in total. The van der Waals surface area contributed by atoms with E-state index in [9.17, 15) is 4.79 Å². The summed E-state index contributed by atoms with van der Waals surface area (Å²) in [7, 11) is 4.33. The normalized spacial score (nSPS) is 17.8. The van der Waals surface area contributed by atoms with Crippen LogP contribution in [0.25, 0.3) is 68.3 Å². The SMILES string of the molecule is Cc1cccc(-c2nc3n(c2-c2ccnc(-c4nc5c(n4N4CCN(C)CC4)CN(C(=O)N4Cc6nc(-c7cc(-c8c(-c9cccc(C)n9)nc9n8CCOC9)ccn7)n(N7CCN(C)CC7)c6C4)C5)c2)CCOC3)n1. The molecule has 14 rings (SSSR count). The zero-order valence-corrected chi connectivity index (χ0v) is 43.4. The molecule has 0 atom stereocenters. The van der Waals surface area contributed by atoms with E-state index in [-0.39, 0.29) is 6.03 Å². The lowest BCUT2D eigenvalue weighted by atomic mass is 10.1. The zero-order valence-electron chi connectivity index (χ0n) is 43.4. The average Bonchev–Trinajstić information content (AvgIpc) is 4.36. The molecule has 0 aliphatic carbocycles. The number of urea groups is 1. The molecule has 0 aromatic carbocycles. The van der Waals surface area contributed by atoms with E-state index in [2.05, 4.69) is 76.7 Å². The van der Waals surface area contributed by atoms with Gasteiger partial charge in [0.2, 0.25) is 0 Å². The molecule has 0 saturated carbocycles. The summed E-state index contributed by atoms with van der Waals surface area (Å²) in [4.78, 5) is 64.2. The summed E-state index contributed by atoms with van der Waals surface area (Å²) in [6.45, 7) is 16.0. The quantitative estimate of drug-likeness (QED) is 0.200. The number of fused-ring (bicyclic) bond motifs is 4. The number of pyridine rings is 4. The van der Waals surface area contributed by atoms with Gasteiger partial charge in [0.15, 0.2) is 11.6 Å². The Kier molecular flexibility index (Phi) is 11.5. The highest BCUT2D eigenvalue weighted by Gasteiger charge is 2.40. The average molecular weight is 1020 g/mol. The van der Waals surface area contributed by atoms with Crippen LogP contribution < -0.4 is 10.0 Å². The number of aromatic nitrogens is 12. The van der Waals surface area contributed by atoms with E-state index >= 15 is 0 Å². The summed E-state index contributed by atoms with van der Waals surface area (Å²) < 4.78 is 20.8. The summed E-state index contributed by atoms with van der Waals surface area (Å²) in [5.41, 5.74) is 14.4. The highest BCUT2D eigenvalue weighted by molar-refractivity contribution is 5.81. The second-order valence-electron chi connectivity index (χ2n) is 20.8. The third kappa shape index (κ3) is 8.10. The van der Waals surface area contributed by atoms with Gasteiger partial charge < -0.3 is 48.2 Å². The minimum absolute atomic E-state index is 0.0345. The maximum absolute atomic E-state index is 14.9. The number of carbonyl (C=O) groups is 1. The summed E-state index contributed by atoms with van der Waals surface area (Å²) in [5.74, 6) is 3.31. The summed E-state index contributed by atoms with van der Waals surface area (Å²) in [6.07, 6.45) is 3.74. The van der Waals surface area contributed by atoms with Crippen molar-refractivity contribution >= 4 is 6.03 Å². The van der Waals surface area contributed by atoms with Crippen LogP contribution in [-0.2, 0) is 62.0 Å². The van der Waals surface area contributed by atoms with E-state index in [1.165, 1.54) is 0 Å². The molecule has 2 amide bonds. The number of aryl methyl sites for hydroxylation is 2. The summed E-state index contributed by atoms with van der Waals surface area (Å²) >= 11 is 0. The number of rotatable bonds is 8. The molecule has 0 bridgehead atoms. The molecule has 6 aliphatic heterocycles. The highest BCUT2D eigenvalue weighted by atomic mass is 16.5. The largest absolute Gasteiger partial charge is 0.372 e. The van der Waals surface area contributed by atoms with E-state index in [0.29, 0.717) is 65.7 Å². The number of hydrogen-bond acceptors (Lipinski definition) is 15. The van der Waals surface area contributed by atoms with E-state index in [0.717, 1.165) is 166 Å². The van der Waals surface area contributed by atoms with Gasteiger partial charge in [-0.15, -0.1) is 0 Å². The first-order valence-corrected chi connectivity index (χ1v) is 26.5. The number of hydrogen-bond donors (Lipinski definition) is 0. The molecule has 0 spiro atoms. The number of carbonyl (C=O) groups excluding carboxylic acids is 1. The van der Waals surface area contributed by atoms with Gasteiger partial charge in [0.05, 0.1) is 84.9 Å². The van der Waals surface area contributed by atoms with E-state index in [1.54, 1.807) is 0 Å². The molecule has 8 aromatic rings. The number of imidazole rings is 4. The highest BCUT2D eigenvalue weighted by Crippen LogP contribution is 2.39. The number of ether oxygens (including phenoxy) is 2. The van der Waals surface area contributed by atoms with Crippen molar-refractivity contribution in [3.05, 3.63) is 119 Å². The maximum atomic E-state index is 14.9. The summed E-state index contributed by atoms with van der Waals surface area (Å²) in [5, 5.41) is 4.75. The van der Waals surface area contributed by atoms with Gasteiger partial charge in [0.25, 0.3) is 0 Å². The molecule has 0 radical (unpaired) electrons.